The van der Waals surface area contributed by atoms with Crippen LogP contribution in [0.15, 0.2) is 0 Å². The first-order valence-electron chi connectivity index (χ1n) is 10.4. The number of nitrogens with two attached hydrogens (primary N) is 2. The Hall–Kier alpha value is -0.790. The van der Waals surface area contributed by atoms with Gasteiger partial charge in [-0.3, -0.25) is 9.59 Å². The van der Waals surface area contributed by atoms with Gasteiger partial charge in [0.1, 0.15) is 11.2 Å². The van der Waals surface area contributed by atoms with Gasteiger partial charge < -0.3 is 20.1 Å². The molecule has 2 aliphatic rings. The zero-order valence-electron chi connectivity index (χ0n) is 17.4. The largest absolute Gasteiger partial charge is 0.459 e. The van der Waals surface area contributed by atoms with Crippen molar-refractivity contribution in [3.63, 3.8) is 0 Å². The normalized spacial score (nSPS) is 20.3. The molecule has 6 nitrogen and oxygen atoms in total. The Morgan fingerprint density at radius 3 is 1.44 bits per heavy atom. The lowest BCUT2D eigenvalue weighted by Gasteiger charge is -2.35. The topological polar surface area (TPSA) is 85.8 Å². The number of esters is 2. The monoisotopic (exact) mass is 402 g/mol. The van der Waals surface area contributed by atoms with Crippen LogP contribution in [0.1, 0.15) is 53.4 Å². The van der Waals surface area contributed by atoms with Gasteiger partial charge in [0.15, 0.2) is 0 Å². The van der Waals surface area contributed by atoms with Crippen LogP contribution in [0, 0.1) is 11.8 Å². The van der Waals surface area contributed by atoms with E-state index in [1.807, 2.05) is 27.7 Å². The predicted molar refractivity (Wildman–Crippen MR) is 106 cm³/mol. The van der Waals surface area contributed by atoms with Crippen LogP contribution in [0.5, 0.6) is 0 Å². The Morgan fingerprint density at radius 2 is 1.11 bits per heavy atom. The van der Waals surface area contributed by atoms with Gasteiger partial charge in [-0.25, -0.2) is 0 Å². The van der Waals surface area contributed by atoms with Crippen LogP contribution in [-0.4, -0.2) is 60.8 Å². The number of hydrogen-bond acceptors (Lipinski definition) is 5. The van der Waals surface area contributed by atoms with E-state index < -0.39 is 11.2 Å². The van der Waals surface area contributed by atoms with Gasteiger partial charge in [-0.05, 0) is 27.7 Å². The SMILES string of the molecule is CC(C)(OC(=O)CSCC(=O)OC(C)(C)C1CC[NH2+]CC1)C1CC[NH2+]CC1. The fourth-order valence-corrected chi connectivity index (χ4v) is 4.83. The van der Waals surface area contributed by atoms with Gasteiger partial charge in [0, 0.05) is 37.5 Å². The van der Waals surface area contributed by atoms with Crippen LogP contribution in [-0.2, 0) is 19.1 Å². The van der Waals surface area contributed by atoms with Crippen LogP contribution in [0.2, 0.25) is 0 Å². The Kier molecular flexibility index (Phi) is 8.43. The maximum Gasteiger partial charge on any atom is 0.316 e. The van der Waals surface area contributed by atoms with Crippen LogP contribution < -0.4 is 10.6 Å². The van der Waals surface area contributed by atoms with E-state index in [0.29, 0.717) is 11.8 Å². The summed E-state index contributed by atoms with van der Waals surface area (Å²) in [7, 11) is 0. The quantitative estimate of drug-likeness (QED) is 0.571. The lowest BCUT2D eigenvalue weighted by atomic mass is 9.83. The summed E-state index contributed by atoms with van der Waals surface area (Å²) in [5.41, 5.74) is -0.876. The van der Waals surface area contributed by atoms with Crippen molar-refractivity contribution >= 4 is 23.7 Å². The minimum absolute atomic E-state index is 0.191. The van der Waals surface area contributed by atoms with Crippen LogP contribution in [0.25, 0.3) is 0 Å². The fraction of sp³-hybridized carbons (Fsp3) is 0.900. The van der Waals surface area contributed by atoms with Crippen molar-refractivity contribution in [2.75, 3.05) is 37.7 Å². The Bertz CT molecular complexity index is 454. The second-order valence-corrected chi connectivity index (χ2v) is 9.91. The maximum atomic E-state index is 12.2. The predicted octanol–water partition coefficient (Wildman–Crippen LogP) is 0.310. The molecule has 27 heavy (non-hydrogen) atoms. The van der Waals surface area contributed by atoms with E-state index in [-0.39, 0.29) is 23.4 Å². The molecule has 7 heteroatoms. The second kappa shape index (κ2) is 10.1. The van der Waals surface area contributed by atoms with Crippen LogP contribution >= 0.6 is 11.8 Å². The highest BCUT2D eigenvalue weighted by Gasteiger charge is 2.36. The molecule has 4 N–H and O–H groups in total. The van der Waals surface area contributed by atoms with E-state index in [4.69, 9.17) is 9.47 Å². The van der Waals surface area contributed by atoms with Crippen molar-refractivity contribution in [1.82, 2.24) is 0 Å². The molecule has 2 saturated heterocycles. The minimum Gasteiger partial charge on any atom is -0.459 e. The lowest BCUT2D eigenvalue weighted by molar-refractivity contribution is -0.666. The third kappa shape index (κ3) is 7.27. The summed E-state index contributed by atoms with van der Waals surface area (Å²) in [6.45, 7) is 12.4. The molecule has 156 valence electrons. The third-order valence-electron chi connectivity index (χ3n) is 6.04. The van der Waals surface area contributed by atoms with Crippen molar-refractivity contribution in [1.29, 1.82) is 0 Å². The molecule has 2 rings (SSSR count). The minimum atomic E-state index is -0.438. The summed E-state index contributed by atoms with van der Waals surface area (Å²) in [4.78, 5) is 24.4. The number of carbonyl (C=O) groups is 2. The molecule has 2 heterocycles. The molecule has 2 aliphatic heterocycles. The Labute approximate surface area is 167 Å². The van der Waals surface area contributed by atoms with Crippen molar-refractivity contribution < 1.29 is 29.7 Å². The van der Waals surface area contributed by atoms with Gasteiger partial charge in [0.25, 0.3) is 0 Å². The molecule has 0 atom stereocenters. The first kappa shape index (κ1) is 22.5. The molecule has 0 aromatic heterocycles. The van der Waals surface area contributed by atoms with E-state index in [9.17, 15) is 9.59 Å². The number of rotatable bonds is 8. The molecule has 0 radical (unpaired) electrons. The van der Waals surface area contributed by atoms with Crippen molar-refractivity contribution in [3.05, 3.63) is 0 Å². The van der Waals surface area contributed by atoms with E-state index in [2.05, 4.69) is 10.6 Å². The maximum absolute atomic E-state index is 12.2. The molecule has 0 saturated carbocycles. The lowest BCUT2D eigenvalue weighted by Crippen LogP contribution is -2.86. The number of quaternary nitrogens is 2. The molecule has 0 bridgehead atoms. The number of carbonyl (C=O) groups excluding carboxylic acids is 2. The Morgan fingerprint density at radius 1 is 0.778 bits per heavy atom. The van der Waals surface area contributed by atoms with Crippen molar-refractivity contribution in [2.24, 2.45) is 11.8 Å². The van der Waals surface area contributed by atoms with Crippen LogP contribution in [0.4, 0.5) is 0 Å². The molecule has 0 aliphatic carbocycles. The number of ether oxygens (including phenoxy) is 2. The average Bonchev–Trinajstić information content (AvgIpc) is 2.62. The number of piperidine rings is 2. The second-order valence-electron chi connectivity index (χ2n) is 8.93. The molecule has 0 aromatic carbocycles. The van der Waals surface area contributed by atoms with E-state index in [1.165, 1.54) is 11.8 Å². The van der Waals surface area contributed by atoms with E-state index in [1.54, 1.807) is 0 Å². The highest BCUT2D eigenvalue weighted by atomic mass is 32.2. The Balaban J connectivity index is 1.68. The smallest absolute Gasteiger partial charge is 0.316 e. The molecule has 0 spiro atoms. The molecule has 2 fully saturated rings. The van der Waals surface area contributed by atoms with Crippen molar-refractivity contribution in [3.8, 4) is 0 Å². The van der Waals surface area contributed by atoms with Gasteiger partial charge >= 0.3 is 11.9 Å². The summed E-state index contributed by atoms with van der Waals surface area (Å²) >= 11 is 1.28. The molecule has 0 aromatic rings. The van der Waals surface area contributed by atoms with Gasteiger partial charge in [-0.15, -0.1) is 11.8 Å². The van der Waals surface area contributed by atoms with Gasteiger partial charge in [0.05, 0.1) is 37.7 Å². The van der Waals surface area contributed by atoms with Gasteiger partial charge in [-0.2, -0.15) is 0 Å². The molecule has 0 unspecified atom stereocenters. The summed E-state index contributed by atoms with van der Waals surface area (Å²) in [6.07, 6.45) is 4.31. The highest BCUT2D eigenvalue weighted by Crippen LogP contribution is 2.29. The zero-order valence-corrected chi connectivity index (χ0v) is 18.2. The molecular weight excluding hydrogens is 364 g/mol. The average molecular weight is 403 g/mol. The highest BCUT2D eigenvalue weighted by molar-refractivity contribution is 8.00. The fourth-order valence-electron chi connectivity index (χ4n) is 4.27. The summed E-state index contributed by atoms with van der Waals surface area (Å²) < 4.78 is 11.5. The zero-order chi connectivity index (χ0) is 19.9. The third-order valence-corrected chi connectivity index (χ3v) is 6.92. The summed E-state index contributed by atoms with van der Waals surface area (Å²) in [5, 5.41) is 4.62. The first-order valence-corrected chi connectivity index (χ1v) is 11.5. The number of hydrogen-bond donors (Lipinski definition) is 2. The number of thioether (sulfide) groups is 1. The van der Waals surface area contributed by atoms with Gasteiger partial charge in [-0.1, -0.05) is 0 Å². The molecule has 0 amide bonds. The first-order chi connectivity index (χ1) is 12.7. The summed E-state index contributed by atoms with van der Waals surface area (Å²) in [6, 6.07) is 0. The van der Waals surface area contributed by atoms with E-state index in [0.717, 1.165) is 51.9 Å². The van der Waals surface area contributed by atoms with Gasteiger partial charge in [0.2, 0.25) is 0 Å². The van der Waals surface area contributed by atoms with E-state index >= 15 is 0 Å². The molecular formula is C20H38N2O4S+2. The van der Waals surface area contributed by atoms with Crippen LogP contribution in [0.3, 0.4) is 0 Å². The standard InChI is InChI=1S/C20H36N2O4S/c1-19(2,15-5-9-21-10-6-15)25-17(23)13-27-14-18(24)26-20(3,4)16-7-11-22-12-8-16/h15-16,21-22H,5-14H2,1-4H3/p+2. The summed E-state index contributed by atoms with van der Waals surface area (Å²) in [5.74, 6) is 0.723. The van der Waals surface area contributed by atoms with Crippen molar-refractivity contribution in [2.45, 2.75) is 64.6 Å².